The Kier molecular flexibility index (Phi) is 3.90. The number of rotatable bonds is 4. The van der Waals surface area contributed by atoms with Gasteiger partial charge in [0.05, 0.1) is 6.61 Å². The number of hydrogen-bond acceptors (Lipinski definition) is 5. The smallest absolute Gasteiger partial charge is 0.171 e. The van der Waals surface area contributed by atoms with Gasteiger partial charge in [-0.15, -0.1) is 0 Å². The molecule has 0 saturated carbocycles. The molecule has 0 radical (unpaired) electrons. The largest absolute Gasteiger partial charge is 0.493 e. The molecule has 0 aliphatic carbocycles. The van der Waals surface area contributed by atoms with Crippen molar-refractivity contribution >= 4 is 11.6 Å². The fourth-order valence-electron chi connectivity index (χ4n) is 2.55. The predicted octanol–water partition coefficient (Wildman–Crippen LogP) is 2.21. The van der Waals surface area contributed by atoms with Crippen LogP contribution in [0.3, 0.4) is 0 Å². The van der Waals surface area contributed by atoms with E-state index in [1.807, 2.05) is 31.1 Å². The van der Waals surface area contributed by atoms with E-state index in [0.29, 0.717) is 5.92 Å². The van der Waals surface area contributed by atoms with E-state index in [9.17, 15) is 0 Å². The average Bonchev–Trinajstić information content (AvgIpc) is 2.53. The van der Waals surface area contributed by atoms with Gasteiger partial charge in [-0.1, -0.05) is 18.2 Å². The number of nitrogens with one attached hydrogen (secondary N) is 1. The van der Waals surface area contributed by atoms with Crippen molar-refractivity contribution in [1.29, 1.82) is 0 Å². The van der Waals surface area contributed by atoms with E-state index in [4.69, 9.17) is 4.74 Å². The van der Waals surface area contributed by atoms with Crippen LogP contribution in [0.2, 0.25) is 0 Å². The van der Waals surface area contributed by atoms with E-state index in [1.54, 1.807) is 12.4 Å². The third-order valence-corrected chi connectivity index (χ3v) is 3.62. The first kappa shape index (κ1) is 13.7. The molecule has 1 aromatic carbocycles. The summed E-state index contributed by atoms with van der Waals surface area (Å²) in [7, 11) is 3.93. The maximum absolute atomic E-state index is 5.82. The Hall–Kier alpha value is -2.30. The molecule has 0 bridgehead atoms. The predicted molar refractivity (Wildman–Crippen MR) is 84.0 cm³/mol. The van der Waals surface area contributed by atoms with Crippen LogP contribution in [0.4, 0.5) is 11.6 Å². The molecule has 21 heavy (non-hydrogen) atoms. The highest BCUT2D eigenvalue weighted by molar-refractivity contribution is 5.59. The zero-order valence-electron chi connectivity index (χ0n) is 12.4. The first-order valence-corrected chi connectivity index (χ1v) is 7.17. The zero-order chi connectivity index (χ0) is 14.7. The van der Waals surface area contributed by atoms with Gasteiger partial charge in [0.1, 0.15) is 5.75 Å². The first-order valence-electron chi connectivity index (χ1n) is 7.17. The lowest BCUT2D eigenvalue weighted by Gasteiger charge is -2.26. The van der Waals surface area contributed by atoms with Crippen LogP contribution in [0, 0.1) is 5.92 Å². The van der Waals surface area contributed by atoms with Crippen LogP contribution >= 0.6 is 0 Å². The molecule has 0 unspecified atom stereocenters. The van der Waals surface area contributed by atoms with Gasteiger partial charge >= 0.3 is 0 Å². The van der Waals surface area contributed by atoms with Crippen molar-refractivity contribution in [3.8, 4) is 5.75 Å². The van der Waals surface area contributed by atoms with Crippen molar-refractivity contribution in [1.82, 2.24) is 9.97 Å². The molecule has 1 aliphatic heterocycles. The molecule has 1 aliphatic rings. The number of fused-ring (bicyclic) bond motifs is 1. The highest BCUT2D eigenvalue weighted by Gasteiger charge is 2.20. The van der Waals surface area contributed by atoms with E-state index in [0.717, 1.165) is 37.0 Å². The molecule has 1 aromatic heterocycles. The Balaban J connectivity index is 1.65. The van der Waals surface area contributed by atoms with Gasteiger partial charge in [-0.05, 0) is 18.1 Å². The molecule has 5 heteroatoms. The van der Waals surface area contributed by atoms with E-state index in [1.165, 1.54) is 5.56 Å². The lowest BCUT2D eigenvalue weighted by molar-refractivity contribution is 0.229. The van der Waals surface area contributed by atoms with E-state index < -0.39 is 0 Å². The summed E-state index contributed by atoms with van der Waals surface area (Å²) in [5, 5.41) is 3.40. The molecular weight excluding hydrogens is 264 g/mol. The van der Waals surface area contributed by atoms with Gasteiger partial charge in [0.2, 0.25) is 0 Å². The summed E-state index contributed by atoms with van der Waals surface area (Å²) >= 11 is 0. The number of aromatic nitrogens is 2. The Labute approximate surface area is 125 Å². The van der Waals surface area contributed by atoms with Gasteiger partial charge in [-0.3, -0.25) is 0 Å². The quantitative estimate of drug-likeness (QED) is 0.933. The number of ether oxygens (including phenoxy) is 1. The fourth-order valence-corrected chi connectivity index (χ4v) is 2.55. The summed E-state index contributed by atoms with van der Waals surface area (Å²) < 4.78 is 5.82. The first-order chi connectivity index (χ1) is 10.2. The van der Waals surface area contributed by atoms with Gasteiger partial charge in [0.25, 0.3) is 0 Å². The van der Waals surface area contributed by atoms with Gasteiger partial charge < -0.3 is 15.0 Å². The molecule has 2 heterocycles. The SMILES string of the molecule is CN(C)c1nccnc1NC[C@@H]1COc2ccccc2C1. The van der Waals surface area contributed by atoms with Crippen molar-refractivity contribution < 1.29 is 4.74 Å². The molecule has 0 fully saturated rings. The van der Waals surface area contributed by atoms with Gasteiger partial charge in [0, 0.05) is 39.0 Å². The maximum Gasteiger partial charge on any atom is 0.171 e. The molecule has 0 spiro atoms. The van der Waals surface area contributed by atoms with Crippen LogP contribution in [0.25, 0.3) is 0 Å². The number of benzene rings is 1. The van der Waals surface area contributed by atoms with Crippen molar-refractivity contribution in [2.24, 2.45) is 5.92 Å². The van der Waals surface area contributed by atoms with Gasteiger partial charge in [0.15, 0.2) is 11.6 Å². The standard InChI is InChI=1S/C16H20N4O/c1-20(2)16-15(17-7-8-18-16)19-10-12-9-13-5-3-4-6-14(13)21-11-12/h3-8,12H,9-11H2,1-2H3,(H,17,19)/t12-/m1/s1. The normalized spacial score (nSPS) is 16.8. The number of hydrogen-bond donors (Lipinski definition) is 1. The molecule has 3 rings (SSSR count). The third kappa shape index (κ3) is 3.07. The van der Waals surface area contributed by atoms with Gasteiger partial charge in [-0.2, -0.15) is 0 Å². The Bertz CT molecular complexity index is 615. The topological polar surface area (TPSA) is 50.3 Å². The minimum Gasteiger partial charge on any atom is -0.493 e. The van der Waals surface area contributed by atoms with E-state index in [-0.39, 0.29) is 0 Å². The molecular formula is C16H20N4O. The molecule has 0 saturated heterocycles. The Morgan fingerprint density at radius 3 is 2.90 bits per heavy atom. The average molecular weight is 284 g/mol. The van der Waals surface area contributed by atoms with Crippen molar-refractivity contribution in [2.45, 2.75) is 6.42 Å². The number of anilines is 2. The minimum atomic E-state index is 0.442. The summed E-state index contributed by atoms with van der Waals surface area (Å²) in [6, 6.07) is 8.24. The summed E-state index contributed by atoms with van der Waals surface area (Å²) in [5.74, 6) is 3.13. The highest BCUT2D eigenvalue weighted by atomic mass is 16.5. The minimum absolute atomic E-state index is 0.442. The lowest BCUT2D eigenvalue weighted by atomic mass is 9.97. The van der Waals surface area contributed by atoms with Crippen LogP contribution in [0.15, 0.2) is 36.7 Å². The summed E-state index contributed by atoms with van der Waals surface area (Å²) in [4.78, 5) is 10.7. The van der Waals surface area contributed by atoms with Crippen LogP contribution in [0.5, 0.6) is 5.75 Å². The second kappa shape index (κ2) is 5.99. The Morgan fingerprint density at radius 2 is 2.05 bits per heavy atom. The van der Waals surface area contributed by atoms with Crippen LogP contribution in [0.1, 0.15) is 5.56 Å². The van der Waals surface area contributed by atoms with Crippen molar-refractivity contribution in [3.63, 3.8) is 0 Å². The molecule has 1 N–H and O–H groups in total. The van der Waals surface area contributed by atoms with Crippen molar-refractivity contribution in [2.75, 3.05) is 37.5 Å². The van der Waals surface area contributed by atoms with Gasteiger partial charge in [-0.25, -0.2) is 9.97 Å². The molecule has 1 atom stereocenters. The maximum atomic E-state index is 5.82. The van der Waals surface area contributed by atoms with Crippen LogP contribution in [-0.4, -0.2) is 37.2 Å². The summed E-state index contributed by atoms with van der Waals surface area (Å²) in [6.45, 7) is 1.56. The van der Waals surface area contributed by atoms with E-state index in [2.05, 4.69) is 27.4 Å². The highest BCUT2D eigenvalue weighted by Crippen LogP contribution is 2.27. The molecule has 5 nitrogen and oxygen atoms in total. The summed E-state index contributed by atoms with van der Waals surface area (Å²) in [5.41, 5.74) is 1.28. The fraction of sp³-hybridized carbons (Fsp3) is 0.375. The lowest BCUT2D eigenvalue weighted by Crippen LogP contribution is -2.28. The molecule has 2 aromatic rings. The second-order valence-electron chi connectivity index (χ2n) is 5.49. The summed E-state index contributed by atoms with van der Waals surface area (Å²) in [6.07, 6.45) is 4.45. The molecule has 110 valence electrons. The van der Waals surface area contributed by atoms with Crippen molar-refractivity contribution in [3.05, 3.63) is 42.2 Å². The number of para-hydroxylation sites is 1. The third-order valence-electron chi connectivity index (χ3n) is 3.62. The molecule has 0 amide bonds. The monoisotopic (exact) mass is 284 g/mol. The van der Waals surface area contributed by atoms with Crippen LogP contribution in [-0.2, 0) is 6.42 Å². The van der Waals surface area contributed by atoms with E-state index >= 15 is 0 Å². The zero-order valence-corrected chi connectivity index (χ0v) is 12.4. The number of nitrogens with zero attached hydrogens (tertiary/aromatic N) is 3. The van der Waals surface area contributed by atoms with Crippen LogP contribution < -0.4 is 15.0 Å². The second-order valence-corrected chi connectivity index (χ2v) is 5.49. The Morgan fingerprint density at radius 1 is 1.24 bits per heavy atom.